The SMILES string of the molecule is COc1cccc(CCC(=O)N2CCCC(CO)C2)c1. The average molecular weight is 277 g/mol. The normalized spacial score (nSPS) is 18.9. The molecule has 0 bridgehead atoms. The molecular formula is C16H23NO3. The topological polar surface area (TPSA) is 49.8 Å². The van der Waals surface area contributed by atoms with E-state index in [1.807, 2.05) is 29.2 Å². The zero-order valence-corrected chi connectivity index (χ0v) is 12.0. The number of nitrogens with zero attached hydrogens (tertiary/aromatic N) is 1. The Morgan fingerprint density at radius 2 is 2.35 bits per heavy atom. The molecule has 1 aliphatic heterocycles. The van der Waals surface area contributed by atoms with Gasteiger partial charge in [0.15, 0.2) is 0 Å². The molecular weight excluding hydrogens is 254 g/mol. The summed E-state index contributed by atoms with van der Waals surface area (Å²) in [7, 11) is 1.65. The van der Waals surface area contributed by atoms with Crippen LogP contribution in [0.15, 0.2) is 24.3 Å². The Balaban J connectivity index is 1.85. The van der Waals surface area contributed by atoms with Gasteiger partial charge in [-0.3, -0.25) is 4.79 Å². The summed E-state index contributed by atoms with van der Waals surface area (Å²) >= 11 is 0. The van der Waals surface area contributed by atoms with E-state index in [0.717, 1.165) is 37.1 Å². The lowest BCUT2D eigenvalue weighted by Gasteiger charge is -2.32. The molecule has 1 saturated heterocycles. The molecule has 1 aromatic carbocycles. The van der Waals surface area contributed by atoms with E-state index in [0.29, 0.717) is 13.0 Å². The van der Waals surface area contributed by atoms with Gasteiger partial charge in [0.25, 0.3) is 0 Å². The predicted octanol–water partition coefficient (Wildman–Crippen LogP) is 1.86. The zero-order valence-electron chi connectivity index (χ0n) is 12.0. The number of rotatable bonds is 5. The highest BCUT2D eigenvalue weighted by atomic mass is 16.5. The molecule has 0 spiro atoms. The molecule has 4 nitrogen and oxygen atoms in total. The third-order valence-electron chi connectivity index (χ3n) is 3.89. The lowest BCUT2D eigenvalue weighted by molar-refractivity contribution is -0.133. The van der Waals surface area contributed by atoms with Crippen LogP contribution in [0.2, 0.25) is 0 Å². The number of aliphatic hydroxyl groups excluding tert-OH is 1. The molecule has 20 heavy (non-hydrogen) atoms. The second-order valence-corrected chi connectivity index (χ2v) is 5.38. The van der Waals surface area contributed by atoms with Gasteiger partial charge in [-0.25, -0.2) is 0 Å². The van der Waals surface area contributed by atoms with Crippen molar-refractivity contribution in [2.45, 2.75) is 25.7 Å². The summed E-state index contributed by atoms with van der Waals surface area (Å²) in [5.74, 6) is 1.27. The van der Waals surface area contributed by atoms with E-state index >= 15 is 0 Å². The van der Waals surface area contributed by atoms with Gasteiger partial charge in [-0.05, 0) is 42.9 Å². The van der Waals surface area contributed by atoms with Gasteiger partial charge in [0.2, 0.25) is 5.91 Å². The van der Waals surface area contributed by atoms with E-state index in [-0.39, 0.29) is 18.4 Å². The number of amides is 1. The maximum absolute atomic E-state index is 12.2. The minimum atomic E-state index is 0.180. The highest BCUT2D eigenvalue weighted by Crippen LogP contribution is 2.18. The van der Waals surface area contributed by atoms with Gasteiger partial charge in [-0.1, -0.05) is 12.1 Å². The highest BCUT2D eigenvalue weighted by molar-refractivity contribution is 5.76. The maximum Gasteiger partial charge on any atom is 0.222 e. The van der Waals surface area contributed by atoms with Gasteiger partial charge >= 0.3 is 0 Å². The summed E-state index contributed by atoms with van der Waals surface area (Å²) in [4.78, 5) is 14.1. The van der Waals surface area contributed by atoms with Crippen LogP contribution in [0.5, 0.6) is 5.75 Å². The first kappa shape index (κ1) is 14.9. The minimum absolute atomic E-state index is 0.180. The third-order valence-corrected chi connectivity index (χ3v) is 3.89. The van der Waals surface area contributed by atoms with E-state index in [9.17, 15) is 9.90 Å². The summed E-state index contributed by atoms with van der Waals surface area (Å²) in [5.41, 5.74) is 1.12. The number of benzene rings is 1. The van der Waals surface area contributed by atoms with Crippen molar-refractivity contribution < 1.29 is 14.6 Å². The molecule has 1 amide bonds. The smallest absolute Gasteiger partial charge is 0.222 e. The minimum Gasteiger partial charge on any atom is -0.497 e. The quantitative estimate of drug-likeness (QED) is 0.893. The summed E-state index contributed by atoms with van der Waals surface area (Å²) < 4.78 is 5.18. The molecule has 4 heteroatoms. The number of likely N-dealkylation sites (tertiary alicyclic amines) is 1. The van der Waals surface area contributed by atoms with E-state index < -0.39 is 0 Å². The Morgan fingerprint density at radius 1 is 1.50 bits per heavy atom. The van der Waals surface area contributed by atoms with Crippen molar-refractivity contribution in [3.63, 3.8) is 0 Å². The fourth-order valence-corrected chi connectivity index (χ4v) is 2.68. The van der Waals surface area contributed by atoms with E-state index in [1.54, 1.807) is 7.11 Å². The number of aryl methyl sites for hydroxylation is 1. The van der Waals surface area contributed by atoms with Gasteiger partial charge in [0.1, 0.15) is 5.75 Å². The highest BCUT2D eigenvalue weighted by Gasteiger charge is 2.22. The van der Waals surface area contributed by atoms with Crippen LogP contribution in [0.3, 0.4) is 0 Å². The van der Waals surface area contributed by atoms with Crippen molar-refractivity contribution in [3.8, 4) is 5.75 Å². The van der Waals surface area contributed by atoms with E-state index in [1.165, 1.54) is 0 Å². The number of carbonyl (C=O) groups excluding carboxylic acids is 1. The molecule has 1 atom stereocenters. The number of carbonyl (C=O) groups is 1. The Kier molecular flexibility index (Phi) is 5.41. The zero-order chi connectivity index (χ0) is 14.4. The van der Waals surface area contributed by atoms with Crippen molar-refractivity contribution in [2.24, 2.45) is 5.92 Å². The fraction of sp³-hybridized carbons (Fsp3) is 0.562. The second kappa shape index (κ2) is 7.29. The first-order chi connectivity index (χ1) is 9.72. The molecule has 2 rings (SSSR count). The molecule has 0 aromatic heterocycles. The number of hydrogen-bond donors (Lipinski definition) is 1. The molecule has 110 valence electrons. The van der Waals surface area contributed by atoms with Crippen molar-refractivity contribution in [2.75, 3.05) is 26.8 Å². The summed E-state index contributed by atoms with van der Waals surface area (Å²) in [5, 5.41) is 9.20. The Bertz CT molecular complexity index is 447. The average Bonchev–Trinajstić information content (AvgIpc) is 2.52. The first-order valence-corrected chi connectivity index (χ1v) is 7.24. The molecule has 1 unspecified atom stereocenters. The predicted molar refractivity (Wildman–Crippen MR) is 77.7 cm³/mol. The van der Waals surface area contributed by atoms with Crippen LogP contribution >= 0.6 is 0 Å². The molecule has 0 radical (unpaired) electrons. The van der Waals surface area contributed by atoms with Gasteiger partial charge in [0.05, 0.1) is 7.11 Å². The number of aliphatic hydroxyl groups is 1. The number of methoxy groups -OCH3 is 1. The van der Waals surface area contributed by atoms with Crippen molar-refractivity contribution in [1.29, 1.82) is 0 Å². The van der Waals surface area contributed by atoms with E-state index in [2.05, 4.69) is 0 Å². The molecule has 1 aromatic rings. The van der Waals surface area contributed by atoms with Crippen molar-refractivity contribution in [1.82, 2.24) is 4.90 Å². The molecule has 1 fully saturated rings. The maximum atomic E-state index is 12.2. The summed E-state index contributed by atoms with van der Waals surface area (Å²) in [6.45, 7) is 1.71. The molecule has 0 aliphatic carbocycles. The Hall–Kier alpha value is -1.55. The van der Waals surface area contributed by atoms with Crippen molar-refractivity contribution in [3.05, 3.63) is 29.8 Å². The summed E-state index contributed by atoms with van der Waals surface area (Å²) in [6, 6.07) is 7.84. The van der Waals surface area contributed by atoms with Crippen LogP contribution in [0, 0.1) is 5.92 Å². The van der Waals surface area contributed by atoms with Crippen LogP contribution in [-0.4, -0.2) is 42.7 Å². The van der Waals surface area contributed by atoms with Gasteiger partial charge in [-0.2, -0.15) is 0 Å². The van der Waals surface area contributed by atoms with E-state index in [4.69, 9.17) is 4.74 Å². The molecule has 0 saturated carbocycles. The molecule has 1 N–H and O–H groups in total. The van der Waals surface area contributed by atoms with Gasteiger partial charge in [-0.15, -0.1) is 0 Å². The summed E-state index contributed by atoms with van der Waals surface area (Å²) in [6.07, 6.45) is 3.27. The van der Waals surface area contributed by atoms with Crippen LogP contribution < -0.4 is 4.74 Å². The largest absolute Gasteiger partial charge is 0.497 e. The monoisotopic (exact) mass is 277 g/mol. The lowest BCUT2D eigenvalue weighted by atomic mass is 9.98. The van der Waals surface area contributed by atoms with Crippen LogP contribution in [0.25, 0.3) is 0 Å². The Morgan fingerprint density at radius 3 is 3.10 bits per heavy atom. The van der Waals surface area contributed by atoms with Gasteiger partial charge in [0, 0.05) is 26.1 Å². The number of hydrogen-bond acceptors (Lipinski definition) is 3. The number of piperidine rings is 1. The fourth-order valence-electron chi connectivity index (χ4n) is 2.68. The van der Waals surface area contributed by atoms with Crippen LogP contribution in [-0.2, 0) is 11.2 Å². The van der Waals surface area contributed by atoms with Crippen LogP contribution in [0.4, 0.5) is 0 Å². The lowest BCUT2D eigenvalue weighted by Crippen LogP contribution is -2.41. The first-order valence-electron chi connectivity index (χ1n) is 7.24. The Labute approximate surface area is 120 Å². The van der Waals surface area contributed by atoms with Crippen LogP contribution in [0.1, 0.15) is 24.8 Å². The molecule has 1 heterocycles. The third kappa shape index (κ3) is 3.97. The van der Waals surface area contributed by atoms with Crippen molar-refractivity contribution >= 4 is 5.91 Å². The number of ether oxygens (including phenoxy) is 1. The standard InChI is InChI=1S/C16H23NO3/c1-20-15-6-2-4-13(10-15)7-8-16(19)17-9-3-5-14(11-17)12-18/h2,4,6,10,14,18H,3,5,7-9,11-12H2,1H3. The second-order valence-electron chi connectivity index (χ2n) is 5.38. The molecule has 1 aliphatic rings. The van der Waals surface area contributed by atoms with Gasteiger partial charge < -0.3 is 14.7 Å².